The molecule has 0 spiro atoms. The number of nitrogens with zero attached hydrogens (tertiary/aromatic N) is 1. The lowest BCUT2D eigenvalue weighted by Gasteiger charge is -2.04. The molecule has 2 heterocycles. The van der Waals surface area contributed by atoms with Crippen LogP contribution in [0, 0.1) is 0 Å². The summed E-state index contributed by atoms with van der Waals surface area (Å²) >= 11 is 1.42. The summed E-state index contributed by atoms with van der Waals surface area (Å²) < 4.78 is 10.6. The smallest absolute Gasteiger partial charge is 0.257 e. The van der Waals surface area contributed by atoms with Gasteiger partial charge in [0.15, 0.2) is 5.13 Å². The molecule has 2 aromatic carbocycles. The number of carbonyl (C=O) groups is 1. The van der Waals surface area contributed by atoms with Crippen LogP contribution in [0.2, 0.25) is 0 Å². The van der Waals surface area contributed by atoms with E-state index >= 15 is 0 Å². The molecule has 0 atom stereocenters. The average Bonchev–Trinajstić information content (AvgIpc) is 3.31. The monoisotopic (exact) mass is 366 g/mol. The molecule has 1 amide bonds. The van der Waals surface area contributed by atoms with E-state index in [1.165, 1.54) is 16.9 Å². The van der Waals surface area contributed by atoms with E-state index in [-0.39, 0.29) is 5.91 Å². The van der Waals surface area contributed by atoms with Crippen molar-refractivity contribution in [3.8, 4) is 17.0 Å². The standard InChI is InChI=1S/C20H18N2O3S/c1-24-11-13-2-4-14(5-3-13)19(23)22-20-21-17(12-26-20)15-6-7-18-16(10-15)8-9-25-18/h2-7,10,12H,8-9,11H2,1H3,(H,21,22,23). The molecule has 132 valence electrons. The Labute approximate surface area is 155 Å². The van der Waals surface area contributed by atoms with Gasteiger partial charge in [-0.05, 0) is 41.5 Å². The highest BCUT2D eigenvalue weighted by Gasteiger charge is 2.15. The van der Waals surface area contributed by atoms with Crippen LogP contribution in [0.5, 0.6) is 5.75 Å². The van der Waals surface area contributed by atoms with Crippen molar-refractivity contribution >= 4 is 22.4 Å². The first-order valence-corrected chi connectivity index (χ1v) is 9.22. The topological polar surface area (TPSA) is 60.5 Å². The van der Waals surface area contributed by atoms with Gasteiger partial charge in [0.1, 0.15) is 5.75 Å². The Kier molecular flexibility index (Phi) is 4.69. The number of nitrogens with one attached hydrogen (secondary N) is 1. The van der Waals surface area contributed by atoms with E-state index in [1.54, 1.807) is 19.2 Å². The molecule has 0 saturated carbocycles. The molecular weight excluding hydrogens is 348 g/mol. The van der Waals surface area contributed by atoms with Gasteiger partial charge in [0.2, 0.25) is 0 Å². The zero-order chi connectivity index (χ0) is 17.9. The Morgan fingerprint density at radius 3 is 2.92 bits per heavy atom. The summed E-state index contributed by atoms with van der Waals surface area (Å²) in [5, 5.41) is 5.40. The molecule has 0 radical (unpaired) electrons. The van der Waals surface area contributed by atoms with Gasteiger partial charge in [-0.3, -0.25) is 10.1 Å². The maximum absolute atomic E-state index is 12.4. The van der Waals surface area contributed by atoms with Crippen molar-refractivity contribution in [1.82, 2.24) is 4.98 Å². The van der Waals surface area contributed by atoms with Gasteiger partial charge in [-0.25, -0.2) is 4.98 Å². The van der Waals surface area contributed by atoms with Gasteiger partial charge in [-0.2, -0.15) is 0 Å². The maximum Gasteiger partial charge on any atom is 0.257 e. The van der Waals surface area contributed by atoms with Gasteiger partial charge in [0.25, 0.3) is 5.91 Å². The van der Waals surface area contributed by atoms with Gasteiger partial charge in [0.05, 0.1) is 18.9 Å². The van der Waals surface area contributed by atoms with Crippen LogP contribution in [0.4, 0.5) is 5.13 Å². The van der Waals surface area contributed by atoms with Crippen LogP contribution in [0.25, 0.3) is 11.3 Å². The molecule has 0 unspecified atom stereocenters. The molecule has 3 aromatic rings. The highest BCUT2D eigenvalue weighted by atomic mass is 32.1. The summed E-state index contributed by atoms with van der Waals surface area (Å²) in [4.78, 5) is 16.9. The minimum Gasteiger partial charge on any atom is -0.493 e. The van der Waals surface area contributed by atoms with Crippen LogP contribution in [0.3, 0.4) is 0 Å². The normalized spacial score (nSPS) is 12.5. The number of aromatic nitrogens is 1. The first-order valence-electron chi connectivity index (χ1n) is 8.34. The lowest BCUT2D eigenvalue weighted by atomic mass is 10.1. The summed E-state index contributed by atoms with van der Waals surface area (Å²) in [7, 11) is 1.65. The molecular formula is C20H18N2O3S. The number of anilines is 1. The van der Waals surface area contributed by atoms with E-state index in [1.807, 2.05) is 29.6 Å². The van der Waals surface area contributed by atoms with E-state index < -0.39 is 0 Å². The summed E-state index contributed by atoms with van der Waals surface area (Å²) in [6, 6.07) is 13.4. The molecule has 0 saturated heterocycles. The van der Waals surface area contributed by atoms with E-state index in [4.69, 9.17) is 9.47 Å². The molecule has 0 aliphatic carbocycles. The van der Waals surface area contributed by atoms with E-state index in [9.17, 15) is 4.79 Å². The molecule has 0 fully saturated rings. The molecule has 4 rings (SSSR count). The van der Waals surface area contributed by atoms with Crippen molar-refractivity contribution in [2.45, 2.75) is 13.0 Å². The second kappa shape index (κ2) is 7.27. The second-order valence-corrected chi connectivity index (χ2v) is 6.90. The highest BCUT2D eigenvalue weighted by Crippen LogP contribution is 2.32. The zero-order valence-corrected chi connectivity index (χ0v) is 15.1. The number of hydrogen-bond acceptors (Lipinski definition) is 5. The molecule has 0 bridgehead atoms. The van der Waals surface area contributed by atoms with Gasteiger partial charge >= 0.3 is 0 Å². The number of rotatable bonds is 5. The number of thiazole rings is 1. The molecule has 1 N–H and O–H groups in total. The summed E-state index contributed by atoms with van der Waals surface area (Å²) in [6.45, 7) is 1.27. The zero-order valence-electron chi connectivity index (χ0n) is 14.3. The summed E-state index contributed by atoms with van der Waals surface area (Å²) in [6.07, 6.45) is 0.927. The SMILES string of the molecule is COCc1ccc(C(=O)Nc2nc(-c3ccc4c(c3)CCO4)cs2)cc1. The Balaban J connectivity index is 1.47. The van der Waals surface area contributed by atoms with Gasteiger partial charge in [-0.15, -0.1) is 11.3 Å². The van der Waals surface area contributed by atoms with Gasteiger partial charge in [-0.1, -0.05) is 12.1 Å². The van der Waals surface area contributed by atoms with Crippen LogP contribution in [0.1, 0.15) is 21.5 Å². The van der Waals surface area contributed by atoms with Crippen molar-refractivity contribution in [1.29, 1.82) is 0 Å². The van der Waals surface area contributed by atoms with Crippen LogP contribution < -0.4 is 10.1 Å². The third-order valence-corrected chi connectivity index (χ3v) is 4.99. The predicted molar refractivity (Wildman–Crippen MR) is 102 cm³/mol. The van der Waals surface area contributed by atoms with Crippen LogP contribution in [0.15, 0.2) is 47.8 Å². The fourth-order valence-electron chi connectivity index (χ4n) is 2.90. The average molecular weight is 366 g/mol. The predicted octanol–water partition coefficient (Wildman–Crippen LogP) is 4.14. The molecule has 5 nitrogen and oxygen atoms in total. The summed E-state index contributed by atoms with van der Waals surface area (Å²) in [5.74, 6) is 0.784. The first kappa shape index (κ1) is 16.8. The molecule has 6 heteroatoms. The molecule has 1 aliphatic heterocycles. The minimum atomic E-state index is -0.169. The summed E-state index contributed by atoms with van der Waals surface area (Å²) in [5.41, 5.74) is 4.72. The van der Waals surface area contributed by atoms with Crippen LogP contribution in [-0.2, 0) is 17.8 Å². The maximum atomic E-state index is 12.4. The number of amides is 1. The number of hydrogen-bond donors (Lipinski definition) is 1. The first-order chi connectivity index (χ1) is 12.7. The Hall–Kier alpha value is -2.70. The fraction of sp³-hybridized carbons (Fsp3) is 0.200. The molecule has 1 aliphatic rings. The number of benzene rings is 2. The Morgan fingerprint density at radius 2 is 2.12 bits per heavy atom. The van der Waals surface area contributed by atoms with Crippen molar-refractivity contribution in [2.75, 3.05) is 19.0 Å². The molecule has 1 aromatic heterocycles. The number of ether oxygens (including phenoxy) is 2. The van der Waals surface area contributed by atoms with E-state index in [0.29, 0.717) is 17.3 Å². The number of fused-ring (bicyclic) bond motifs is 1. The van der Waals surface area contributed by atoms with Crippen LogP contribution >= 0.6 is 11.3 Å². The van der Waals surface area contributed by atoms with Gasteiger partial charge < -0.3 is 9.47 Å². The highest BCUT2D eigenvalue weighted by molar-refractivity contribution is 7.14. The quantitative estimate of drug-likeness (QED) is 0.737. The van der Waals surface area contributed by atoms with Crippen molar-refractivity contribution in [2.24, 2.45) is 0 Å². The lowest BCUT2D eigenvalue weighted by molar-refractivity contribution is 0.102. The van der Waals surface area contributed by atoms with Crippen molar-refractivity contribution in [3.63, 3.8) is 0 Å². The largest absolute Gasteiger partial charge is 0.493 e. The van der Waals surface area contributed by atoms with Crippen LogP contribution in [-0.4, -0.2) is 24.6 Å². The lowest BCUT2D eigenvalue weighted by Crippen LogP contribution is -2.11. The van der Waals surface area contributed by atoms with Gasteiger partial charge in [0, 0.05) is 30.0 Å². The molecule has 26 heavy (non-hydrogen) atoms. The third-order valence-electron chi connectivity index (χ3n) is 4.24. The third kappa shape index (κ3) is 3.47. The van der Waals surface area contributed by atoms with E-state index in [0.717, 1.165) is 35.6 Å². The Bertz CT molecular complexity index is 934. The van der Waals surface area contributed by atoms with E-state index in [2.05, 4.69) is 16.4 Å². The minimum absolute atomic E-state index is 0.169. The second-order valence-electron chi connectivity index (χ2n) is 6.04. The fourth-order valence-corrected chi connectivity index (χ4v) is 3.61. The van der Waals surface area contributed by atoms with Crippen molar-refractivity contribution in [3.05, 3.63) is 64.5 Å². The number of carbonyl (C=O) groups excluding carboxylic acids is 1. The number of methoxy groups -OCH3 is 1. The van der Waals surface area contributed by atoms with Crippen molar-refractivity contribution < 1.29 is 14.3 Å². The Morgan fingerprint density at radius 1 is 1.27 bits per heavy atom.